The highest BCUT2D eigenvalue weighted by atomic mass is 16.6. The molecule has 4 heteroatoms. The first-order chi connectivity index (χ1) is 12.2. The maximum Gasteiger partial charge on any atom is 0.302 e. The predicted octanol–water partition coefficient (Wildman–Crippen LogP) is 4.49. The molecule has 0 unspecified atom stereocenters. The van der Waals surface area contributed by atoms with Crippen LogP contribution >= 0.6 is 0 Å². The van der Waals surface area contributed by atoms with Crippen LogP contribution in [0.25, 0.3) is 0 Å². The number of fused-ring (bicyclic) bond motifs is 1. The lowest BCUT2D eigenvalue weighted by Crippen LogP contribution is -2.21. The number of rotatable bonds is 3. The molecule has 1 aliphatic heterocycles. The van der Waals surface area contributed by atoms with E-state index in [0.29, 0.717) is 0 Å². The summed E-state index contributed by atoms with van der Waals surface area (Å²) < 4.78 is 11.1. The zero-order valence-electron chi connectivity index (χ0n) is 16.7. The van der Waals surface area contributed by atoms with E-state index >= 15 is 0 Å². The molecule has 4 atom stereocenters. The lowest BCUT2D eigenvalue weighted by molar-refractivity contribution is -0.140. The molecule has 0 spiro atoms. The molecule has 2 rings (SSSR count). The molecule has 0 bridgehead atoms. The maximum atomic E-state index is 11.2. The van der Waals surface area contributed by atoms with Crippen molar-refractivity contribution in [2.45, 2.75) is 84.0 Å². The molecule has 146 valence electrons. The molecule has 1 N–H and O–H groups in total. The van der Waals surface area contributed by atoms with Gasteiger partial charge in [-0.25, -0.2) is 0 Å². The Hall–Kier alpha value is -1.39. The van der Waals surface area contributed by atoms with Gasteiger partial charge in [0.05, 0.1) is 17.8 Å². The number of epoxide rings is 1. The number of allylic oxidation sites excluding steroid dienone is 2. The zero-order valence-corrected chi connectivity index (χ0v) is 16.7. The fraction of sp³-hybridized carbons (Fsp3) is 0.682. The first-order valence-electron chi connectivity index (χ1n) is 9.71. The molecule has 0 aromatic heterocycles. The number of carbonyl (C=O) groups excluding carboxylic acids is 1. The molecule has 1 heterocycles. The van der Waals surface area contributed by atoms with Crippen LogP contribution in [0, 0.1) is 5.92 Å². The molecule has 0 radical (unpaired) electrons. The Kier molecular flexibility index (Phi) is 7.24. The third-order valence-corrected chi connectivity index (χ3v) is 5.66. The molecule has 4 nitrogen and oxygen atoms in total. The molecule has 1 aliphatic carbocycles. The van der Waals surface area contributed by atoms with Gasteiger partial charge in [0.25, 0.3) is 0 Å². The van der Waals surface area contributed by atoms with Crippen molar-refractivity contribution >= 4 is 5.97 Å². The summed E-state index contributed by atoms with van der Waals surface area (Å²) >= 11 is 0. The third-order valence-electron chi connectivity index (χ3n) is 5.66. The SMILES string of the molecule is C=C(C)[C@H]1CC/C(C)=C/CC[C@]2(C)O[C@H]2CC/C(COC(C)=O)=C/[C@@H]1O. The van der Waals surface area contributed by atoms with Gasteiger partial charge in [-0.3, -0.25) is 4.79 Å². The first kappa shape index (κ1) is 20.9. The minimum Gasteiger partial charge on any atom is -0.461 e. The van der Waals surface area contributed by atoms with E-state index in [2.05, 4.69) is 26.5 Å². The number of carbonyl (C=O) groups is 1. The maximum absolute atomic E-state index is 11.2. The van der Waals surface area contributed by atoms with E-state index in [9.17, 15) is 9.90 Å². The standard InChI is InChI=1S/C22H34O4/c1-15(2)19-10-8-16(3)7-6-12-22(5)21(26-22)11-9-18(13-20(19)24)14-25-17(4)23/h7,13,19-21,24H,1,6,8-12,14H2,2-5H3/b16-7+,18-13-/t19-,20+,21+,22+/m1/s1. The lowest BCUT2D eigenvalue weighted by Gasteiger charge is -2.23. The van der Waals surface area contributed by atoms with Crippen molar-refractivity contribution in [3.63, 3.8) is 0 Å². The number of aliphatic hydroxyl groups excluding tert-OH is 1. The van der Waals surface area contributed by atoms with Crippen LogP contribution in [-0.2, 0) is 14.3 Å². The van der Waals surface area contributed by atoms with E-state index in [4.69, 9.17) is 9.47 Å². The van der Waals surface area contributed by atoms with Gasteiger partial charge in [-0.2, -0.15) is 0 Å². The molecule has 0 saturated carbocycles. The molecular weight excluding hydrogens is 328 g/mol. The summed E-state index contributed by atoms with van der Waals surface area (Å²) in [6.45, 7) is 12.0. The molecular formula is C22H34O4. The second-order valence-corrected chi connectivity index (χ2v) is 8.13. The van der Waals surface area contributed by atoms with Gasteiger partial charge >= 0.3 is 5.97 Å². The summed E-state index contributed by atoms with van der Waals surface area (Å²) in [6, 6.07) is 0. The summed E-state index contributed by atoms with van der Waals surface area (Å²) in [6.07, 6.45) is 9.33. The smallest absolute Gasteiger partial charge is 0.302 e. The van der Waals surface area contributed by atoms with Gasteiger partial charge in [0.1, 0.15) is 6.61 Å². The average molecular weight is 363 g/mol. The van der Waals surface area contributed by atoms with Crippen molar-refractivity contribution in [3.05, 3.63) is 35.5 Å². The Balaban J connectivity index is 2.18. The van der Waals surface area contributed by atoms with Gasteiger partial charge < -0.3 is 14.6 Å². The van der Waals surface area contributed by atoms with E-state index < -0.39 is 6.10 Å². The Bertz CT molecular complexity index is 589. The fourth-order valence-electron chi connectivity index (χ4n) is 3.75. The van der Waals surface area contributed by atoms with Gasteiger partial charge in [-0.15, -0.1) is 0 Å². The lowest BCUT2D eigenvalue weighted by atomic mass is 9.87. The van der Waals surface area contributed by atoms with Crippen LogP contribution in [0.1, 0.15) is 66.2 Å². The molecule has 1 saturated heterocycles. The molecule has 2 aliphatic rings. The van der Waals surface area contributed by atoms with Gasteiger partial charge in [0.2, 0.25) is 0 Å². The summed E-state index contributed by atoms with van der Waals surface area (Å²) in [4.78, 5) is 11.2. The largest absolute Gasteiger partial charge is 0.461 e. The van der Waals surface area contributed by atoms with Crippen molar-refractivity contribution in [1.82, 2.24) is 0 Å². The van der Waals surface area contributed by atoms with Gasteiger partial charge in [-0.05, 0) is 64.9 Å². The second-order valence-electron chi connectivity index (χ2n) is 8.13. The Morgan fingerprint density at radius 3 is 2.77 bits per heavy atom. The summed E-state index contributed by atoms with van der Waals surface area (Å²) in [5.41, 5.74) is 3.26. The van der Waals surface area contributed by atoms with Crippen LogP contribution in [0.5, 0.6) is 0 Å². The normalized spacial score (nSPS) is 37.2. The van der Waals surface area contributed by atoms with E-state index in [1.54, 1.807) is 0 Å². The molecule has 0 aromatic rings. The second kappa shape index (κ2) is 9.01. The van der Waals surface area contributed by atoms with Crippen molar-refractivity contribution < 1.29 is 19.4 Å². The summed E-state index contributed by atoms with van der Waals surface area (Å²) in [7, 11) is 0. The Morgan fingerprint density at radius 1 is 1.38 bits per heavy atom. The van der Waals surface area contributed by atoms with E-state index in [1.165, 1.54) is 12.5 Å². The average Bonchev–Trinajstić information content (AvgIpc) is 3.19. The molecule has 26 heavy (non-hydrogen) atoms. The van der Waals surface area contributed by atoms with Crippen LogP contribution in [0.2, 0.25) is 0 Å². The zero-order chi connectivity index (χ0) is 19.3. The highest BCUT2D eigenvalue weighted by Gasteiger charge is 2.50. The highest BCUT2D eigenvalue weighted by molar-refractivity contribution is 5.66. The van der Waals surface area contributed by atoms with Crippen molar-refractivity contribution in [3.8, 4) is 0 Å². The van der Waals surface area contributed by atoms with E-state index in [1.807, 2.05) is 13.0 Å². The minimum atomic E-state index is -0.611. The number of hydrogen-bond donors (Lipinski definition) is 1. The summed E-state index contributed by atoms with van der Waals surface area (Å²) in [5.74, 6) is -0.291. The van der Waals surface area contributed by atoms with Crippen molar-refractivity contribution in [1.29, 1.82) is 0 Å². The van der Waals surface area contributed by atoms with Crippen molar-refractivity contribution in [2.75, 3.05) is 6.61 Å². The first-order valence-corrected chi connectivity index (χ1v) is 9.71. The fourth-order valence-corrected chi connectivity index (χ4v) is 3.75. The van der Waals surface area contributed by atoms with Crippen LogP contribution in [0.15, 0.2) is 35.5 Å². The third kappa shape index (κ3) is 6.10. The topological polar surface area (TPSA) is 59.1 Å². The van der Waals surface area contributed by atoms with Gasteiger partial charge in [0, 0.05) is 12.8 Å². The molecule has 0 amide bonds. The Morgan fingerprint density at radius 2 is 2.12 bits per heavy atom. The quantitative estimate of drug-likeness (QED) is 0.457. The number of hydrogen-bond acceptors (Lipinski definition) is 4. The number of ether oxygens (including phenoxy) is 2. The van der Waals surface area contributed by atoms with Crippen LogP contribution in [-0.4, -0.2) is 35.5 Å². The predicted molar refractivity (Wildman–Crippen MR) is 104 cm³/mol. The van der Waals surface area contributed by atoms with Crippen LogP contribution in [0.4, 0.5) is 0 Å². The van der Waals surface area contributed by atoms with Gasteiger partial charge in [0.15, 0.2) is 0 Å². The highest BCUT2D eigenvalue weighted by Crippen LogP contribution is 2.43. The van der Waals surface area contributed by atoms with Crippen LogP contribution < -0.4 is 0 Å². The van der Waals surface area contributed by atoms with Crippen LogP contribution in [0.3, 0.4) is 0 Å². The number of esters is 1. The Labute approximate surface area is 158 Å². The monoisotopic (exact) mass is 362 g/mol. The molecule has 1 fully saturated rings. The van der Waals surface area contributed by atoms with E-state index in [0.717, 1.165) is 49.7 Å². The minimum absolute atomic E-state index is 0.0102. The number of aliphatic hydroxyl groups is 1. The summed E-state index contributed by atoms with van der Waals surface area (Å²) in [5, 5.41) is 10.8. The van der Waals surface area contributed by atoms with E-state index in [-0.39, 0.29) is 30.2 Å². The van der Waals surface area contributed by atoms with Crippen molar-refractivity contribution in [2.24, 2.45) is 5.92 Å². The van der Waals surface area contributed by atoms with Gasteiger partial charge in [-0.1, -0.05) is 29.9 Å². The molecule has 0 aromatic carbocycles.